The van der Waals surface area contributed by atoms with Crippen LogP contribution in [0.4, 0.5) is 8.78 Å². The summed E-state index contributed by atoms with van der Waals surface area (Å²) in [6.45, 7) is 1.52. The second-order valence-electron chi connectivity index (χ2n) is 2.42. The minimum atomic E-state index is -2.58. The molecule has 3 heteroatoms. The summed E-state index contributed by atoms with van der Waals surface area (Å²) >= 11 is 0. The van der Waals surface area contributed by atoms with Crippen LogP contribution in [-0.4, -0.2) is 12.0 Å². The van der Waals surface area contributed by atoms with E-state index >= 15 is 0 Å². The van der Waals surface area contributed by atoms with Gasteiger partial charge in [-0.05, 0) is 6.42 Å². The SMILES string of the molecule is CC1CC(N)C1(F)F. The summed E-state index contributed by atoms with van der Waals surface area (Å²) in [5, 5.41) is 0. The molecule has 1 nitrogen and oxygen atoms in total. The Morgan fingerprint density at radius 1 is 1.62 bits per heavy atom. The van der Waals surface area contributed by atoms with Crippen LogP contribution in [0.5, 0.6) is 0 Å². The molecule has 0 spiro atoms. The molecule has 1 aliphatic carbocycles. The molecule has 1 fully saturated rings. The summed E-state index contributed by atoms with van der Waals surface area (Å²) in [7, 11) is 0. The molecule has 2 atom stereocenters. The molecule has 48 valence electrons. The first-order chi connectivity index (χ1) is 3.55. The maximum atomic E-state index is 12.2. The van der Waals surface area contributed by atoms with E-state index < -0.39 is 17.9 Å². The highest BCUT2D eigenvalue weighted by atomic mass is 19.3. The fraction of sp³-hybridized carbons (Fsp3) is 1.00. The molecule has 0 aromatic carbocycles. The molecule has 1 rings (SSSR count). The number of rotatable bonds is 0. The maximum absolute atomic E-state index is 12.2. The highest BCUT2D eigenvalue weighted by molar-refractivity contribution is 4.96. The largest absolute Gasteiger partial charge is 0.323 e. The molecular formula is C5H9F2N. The highest BCUT2D eigenvalue weighted by Crippen LogP contribution is 2.41. The molecule has 0 aromatic rings. The average molecular weight is 121 g/mol. The molecule has 8 heavy (non-hydrogen) atoms. The molecule has 1 saturated carbocycles. The summed E-state index contributed by atoms with van der Waals surface area (Å²) in [6.07, 6.45) is 0.465. The van der Waals surface area contributed by atoms with E-state index in [1.54, 1.807) is 0 Å². The predicted molar refractivity (Wildman–Crippen MR) is 26.7 cm³/mol. The number of halogens is 2. The van der Waals surface area contributed by atoms with E-state index in [9.17, 15) is 8.78 Å². The molecule has 0 bridgehead atoms. The van der Waals surface area contributed by atoms with Crippen molar-refractivity contribution in [2.45, 2.75) is 25.3 Å². The Morgan fingerprint density at radius 3 is 2.12 bits per heavy atom. The van der Waals surface area contributed by atoms with Crippen molar-refractivity contribution in [2.24, 2.45) is 11.7 Å². The van der Waals surface area contributed by atoms with Gasteiger partial charge < -0.3 is 5.73 Å². The zero-order chi connectivity index (χ0) is 6.36. The van der Waals surface area contributed by atoms with Crippen LogP contribution >= 0.6 is 0 Å². The van der Waals surface area contributed by atoms with Crippen molar-refractivity contribution in [1.82, 2.24) is 0 Å². The summed E-state index contributed by atoms with van der Waals surface area (Å²) in [4.78, 5) is 0. The molecule has 0 radical (unpaired) electrons. The second kappa shape index (κ2) is 1.41. The predicted octanol–water partition coefficient (Wildman–Crippen LogP) is 0.989. The molecule has 0 amide bonds. The quantitative estimate of drug-likeness (QED) is 0.508. The van der Waals surface area contributed by atoms with Crippen LogP contribution < -0.4 is 5.73 Å². The Balaban J connectivity index is 2.52. The molecule has 0 aliphatic heterocycles. The summed E-state index contributed by atoms with van der Waals surface area (Å²) in [5.41, 5.74) is 5.00. The lowest BCUT2D eigenvalue weighted by Crippen LogP contribution is -2.56. The van der Waals surface area contributed by atoms with E-state index in [0.29, 0.717) is 6.42 Å². The lowest BCUT2D eigenvalue weighted by molar-refractivity contribution is -0.142. The minimum absolute atomic E-state index is 0.465. The van der Waals surface area contributed by atoms with Gasteiger partial charge in [-0.25, -0.2) is 8.78 Å². The van der Waals surface area contributed by atoms with Gasteiger partial charge in [-0.15, -0.1) is 0 Å². The van der Waals surface area contributed by atoms with Crippen LogP contribution in [0.1, 0.15) is 13.3 Å². The molecule has 2 unspecified atom stereocenters. The topological polar surface area (TPSA) is 26.0 Å². The van der Waals surface area contributed by atoms with E-state index in [4.69, 9.17) is 5.73 Å². The van der Waals surface area contributed by atoms with Gasteiger partial charge in [-0.2, -0.15) is 0 Å². The van der Waals surface area contributed by atoms with E-state index in [-0.39, 0.29) is 0 Å². The molecule has 1 aliphatic rings. The van der Waals surface area contributed by atoms with E-state index in [1.807, 2.05) is 0 Å². The minimum Gasteiger partial charge on any atom is -0.323 e. The fourth-order valence-corrected chi connectivity index (χ4v) is 0.900. The third-order valence-corrected chi connectivity index (χ3v) is 1.76. The Morgan fingerprint density at radius 2 is 2.12 bits per heavy atom. The van der Waals surface area contributed by atoms with E-state index in [2.05, 4.69) is 0 Å². The van der Waals surface area contributed by atoms with E-state index in [1.165, 1.54) is 6.92 Å². The summed E-state index contributed by atoms with van der Waals surface area (Å²) < 4.78 is 24.4. The van der Waals surface area contributed by atoms with Crippen molar-refractivity contribution in [1.29, 1.82) is 0 Å². The van der Waals surface area contributed by atoms with Gasteiger partial charge in [0.05, 0.1) is 6.04 Å². The van der Waals surface area contributed by atoms with Gasteiger partial charge in [0.15, 0.2) is 0 Å². The molecule has 2 N–H and O–H groups in total. The van der Waals surface area contributed by atoms with Crippen molar-refractivity contribution >= 4 is 0 Å². The number of hydrogen-bond donors (Lipinski definition) is 1. The first-order valence-corrected chi connectivity index (χ1v) is 2.68. The monoisotopic (exact) mass is 121 g/mol. The Hall–Kier alpha value is -0.180. The van der Waals surface area contributed by atoms with Gasteiger partial charge >= 0.3 is 0 Å². The zero-order valence-electron chi connectivity index (χ0n) is 4.70. The van der Waals surface area contributed by atoms with Gasteiger partial charge in [0.1, 0.15) is 0 Å². The lowest BCUT2D eigenvalue weighted by Gasteiger charge is -2.39. The Bertz CT molecular complexity index is 92.6. The summed E-state index contributed by atoms with van der Waals surface area (Å²) in [6, 6.07) is -0.877. The number of alkyl halides is 2. The molecular weight excluding hydrogens is 112 g/mol. The van der Waals surface area contributed by atoms with Gasteiger partial charge in [0.2, 0.25) is 0 Å². The van der Waals surface area contributed by atoms with Gasteiger partial charge in [0.25, 0.3) is 5.92 Å². The van der Waals surface area contributed by atoms with Crippen molar-refractivity contribution in [3.05, 3.63) is 0 Å². The number of hydrogen-bond acceptors (Lipinski definition) is 1. The van der Waals surface area contributed by atoms with Gasteiger partial charge in [0, 0.05) is 5.92 Å². The fourth-order valence-electron chi connectivity index (χ4n) is 0.900. The van der Waals surface area contributed by atoms with Crippen molar-refractivity contribution < 1.29 is 8.78 Å². The van der Waals surface area contributed by atoms with Crippen LogP contribution in [0, 0.1) is 5.92 Å². The van der Waals surface area contributed by atoms with Crippen LogP contribution in [0.15, 0.2) is 0 Å². The van der Waals surface area contributed by atoms with Crippen LogP contribution in [0.3, 0.4) is 0 Å². The number of nitrogens with two attached hydrogens (primary N) is 1. The van der Waals surface area contributed by atoms with Gasteiger partial charge in [-0.1, -0.05) is 6.92 Å². The normalized spacial score (nSPS) is 43.5. The van der Waals surface area contributed by atoms with E-state index in [0.717, 1.165) is 0 Å². The van der Waals surface area contributed by atoms with Gasteiger partial charge in [-0.3, -0.25) is 0 Å². The average Bonchev–Trinajstić information content (AvgIpc) is 1.68. The van der Waals surface area contributed by atoms with Crippen LogP contribution in [0.2, 0.25) is 0 Å². The molecule has 0 aromatic heterocycles. The standard InChI is InChI=1S/C5H9F2N/c1-3-2-4(8)5(3,6)7/h3-4H,2,8H2,1H3. The Kier molecular flexibility index (Phi) is 1.05. The lowest BCUT2D eigenvalue weighted by atomic mass is 9.78. The third-order valence-electron chi connectivity index (χ3n) is 1.76. The maximum Gasteiger partial charge on any atom is 0.265 e. The molecule has 0 saturated heterocycles. The second-order valence-corrected chi connectivity index (χ2v) is 2.42. The first kappa shape index (κ1) is 5.95. The van der Waals surface area contributed by atoms with Crippen molar-refractivity contribution in [3.63, 3.8) is 0 Å². The highest BCUT2D eigenvalue weighted by Gasteiger charge is 2.52. The van der Waals surface area contributed by atoms with Crippen molar-refractivity contribution in [3.8, 4) is 0 Å². The molecule has 0 heterocycles. The van der Waals surface area contributed by atoms with Crippen LogP contribution in [0.25, 0.3) is 0 Å². The van der Waals surface area contributed by atoms with Crippen molar-refractivity contribution in [2.75, 3.05) is 0 Å². The zero-order valence-corrected chi connectivity index (χ0v) is 4.70. The first-order valence-electron chi connectivity index (χ1n) is 2.68. The smallest absolute Gasteiger partial charge is 0.265 e. The van der Waals surface area contributed by atoms with Crippen LogP contribution in [-0.2, 0) is 0 Å². The third kappa shape index (κ3) is 0.540. The Labute approximate surface area is 46.9 Å². The summed E-state index contributed by atoms with van der Waals surface area (Å²) in [5.74, 6) is -3.09.